The van der Waals surface area contributed by atoms with Gasteiger partial charge in [-0.2, -0.15) is 0 Å². The molecule has 3 nitrogen and oxygen atoms in total. The number of aromatic nitrogens is 1. The first-order valence-corrected chi connectivity index (χ1v) is 7.57. The second-order valence-electron chi connectivity index (χ2n) is 4.70. The molecule has 0 radical (unpaired) electrons. The van der Waals surface area contributed by atoms with Gasteiger partial charge in [-0.1, -0.05) is 18.3 Å². The van der Waals surface area contributed by atoms with Crippen LogP contribution in [-0.2, 0) is 6.54 Å². The summed E-state index contributed by atoms with van der Waals surface area (Å²) in [5, 5.41) is 2.11. The van der Waals surface area contributed by atoms with Crippen LogP contribution < -0.4 is 10.6 Å². The lowest BCUT2D eigenvalue weighted by Crippen LogP contribution is -2.27. The first kappa shape index (κ1) is 12.6. The smallest absolute Gasteiger partial charge is 0.106 e. The maximum atomic E-state index is 5.83. The van der Waals surface area contributed by atoms with E-state index in [1.54, 1.807) is 17.5 Å². The van der Waals surface area contributed by atoms with Gasteiger partial charge in [0, 0.05) is 22.7 Å². The summed E-state index contributed by atoms with van der Waals surface area (Å²) < 4.78 is 0. The lowest BCUT2D eigenvalue weighted by molar-refractivity contribution is 0.800. The van der Waals surface area contributed by atoms with Crippen LogP contribution in [0.25, 0.3) is 0 Å². The van der Waals surface area contributed by atoms with Crippen LogP contribution in [0.5, 0.6) is 0 Å². The average Bonchev–Trinajstić information content (AvgIpc) is 3.13. The molecule has 3 rings (SSSR count). The minimum atomic E-state index is 0.439. The van der Waals surface area contributed by atoms with Crippen molar-refractivity contribution < 1.29 is 0 Å². The fourth-order valence-electron chi connectivity index (χ4n) is 2.19. The molecular weight excluding hydrogens is 274 g/mol. The SMILES string of the molecule is NC(=S)c1ccncc1N(Cc1cccs1)C1CC1. The first-order chi connectivity index (χ1) is 9.25. The van der Waals surface area contributed by atoms with Crippen LogP contribution in [0.4, 0.5) is 5.69 Å². The minimum Gasteiger partial charge on any atom is -0.389 e. The summed E-state index contributed by atoms with van der Waals surface area (Å²) in [6, 6.07) is 6.75. The highest BCUT2D eigenvalue weighted by molar-refractivity contribution is 7.80. The van der Waals surface area contributed by atoms with Crippen LogP contribution in [0.1, 0.15) is 23.3 Å². The third kappa shape index (κ3) is 2.77. The van der Waals surface area contributed by atoms with Gasteiger partial charge in [-0.05, 0) is 30.4 Å². The zero-order chi connectivity index (χ0) is 13.2. The Hall–Kier alpha value is -1.46. The van der Waals surface area contributed by atoms with Crippen molar-refractivity contribution in [3.05, 3.63) is 46.4 Å². The van der Waals surface area contributed by atoms with Gasteiger partial charge in [0.25, 0.3) is 0 Å². The number of thiocarbonyl (C=S) groups is 1. The third-order valence-electron chi connectivity index (χ3n) is 3.27. The van der Waals surface area contributed by atoms with Crippen LogP contribution in [0, 0.1) is 0 Å². The maximum absolute atomic E-state index is 5.83. The second-order valence-corrected chi connectivity index (χ2v) is 6.17. The van der Waals surface area contributed by atoms with Gasteiger partial charge in [-0.25, -0.2) is 0 Å². The highest BCUT2D eigenvalue weighted by atomic mass is 32.1. The van der Waals surface area contributed by atoms with Crippen molar-refractivity contribution in [3.63, 3.8) is 0 Å². The van der Waals surface area contributed by atoms with Crippen molar-refractivity contribution in [1.29, 1.82) is 0 Å². The van der Waals surface area contributed by atoms with Gasteiger partial charge in [-0.3, -0.25) is 4.98 Å². The standard InChI is InChI=1S/C14H15N3S2/c15-14(18)12-5-6-16-8-13(12)17(10-3-4-10)9-11-2-1-7-19-11/h1-2,5-8,10H,3-4,9H2,(H2,15,18). The van der Waals surface area contributed by atoms with Crippen molar-refractivity contribution in [1.82, 2.24) is 4.98 Å². The Labute approximate surface area is 122 Å². The van der Waals surface area contributed by atoms with Gasteiger partial charge in [0.15, 0.2) is 0 Å². The lowest BCUT2D eigenvalue weighted by atomic mass is 10.2. The van der Waals surface area contributed by atoms with Crippen LogP contribution in [-0.4, -0.2) is 16.0 Å². The lowest BCUT2D eigenvalue weighted by Gasteiger charge is -2.25. The van der Waals surface area contributed by atoms with E-state index in [0.29, 0.717) is 11.0 Å². The van der Waals surface area contributed by atoms with E-state index in [1.807, 2.05) is 12.3 Å². The van der Waals surface area contributed by atoms with Gasteiger partial charge in [0.2, 0.25) is 0 Å². The fourth-order valence-corrected chi connectivity index (χ4v) is 3.07. The van der Waals surface area contributed by atoms with E-state index in [1.165, 1.54) is 17.7 Å². The number of nitrogens with zero attached hydrogens (tertiary/aromatic N) is 2. The summed E-state index contributed by atoms with van der Waals surface area (Å²) in [5.74, 6) is 0. The molecule has 0 amide bonds. The Morgan fingerprint density at radius 1 is 1.47 bits per heavy atom. The number of thiophene rings is 1. The van der Waals surface area contributed by atoms with Crippen molar-refractivity contribution in [3.8, 4) is 0 Å². The number of pyridine rings is 1. The molecule has 0 saturated heterocycles. The van der Waals surface area contributed by atoms with E-state index in [0.717, 1.165) is 17.8 Å². The molecule has 2 heterocycles. The molecule has 1 aliphatic carbocycles. The molecule has 0 aliphatic heterocycles. The largest absolute Gasteiger partial charge is 0.389 e. The predicted molar refractivity (Wildman–Crippen MR) is 83.6 cm³/mol. The highest BCUT2D eigenvalue weighted by Crippen LogP contribution is 2.35. The number of rotatable bonds is 5. The Morgan fingerprint density at radius 2 is 2.32 bits per heavy atom. The molecule has 19 heavy (non-hydrogen) atoms. The zero-order valence-electron chi connectivity index (χ0n) is 10.5. The number of hydrogen-bond donors (Lipinski definition) is 1. The quantitative estimate of drug-likeness (QED) is 0.859. The van der Waals surface area contributed by atoms with E-state index < -0.39 is 0 Å². The van der Waals surface area contributed by atoms with Crippen molar-refractivity contribution in [2.24, 2.45) is 5.73 Å². The Bertz CT molecular complexity index is 576. The summed E-state index contributed by atoms with van der Waals surface area (Å²) in [6.07, 6.45) is 6.09. The molecular formula is C14H15N3S2. The molecule has 5 heteroatoms. The number of hydrogen-bond acceptors (Lipinski definition) is 4. The molecule has 0 atom stereocenters. The number of anilines is 1. The molecule has 0 spiro atoms. The van der Waals surface area contributed by atoms with Gasteiger partial charge < -0.3 is 10.6 Å². The topological polar surface area (TPSA) is 42.1 Å². The van der Waals surface area contributed by atoms with E-state index in [-0.39, 0.29) is 0 Å². The first-order valence-electron chi connectivity index (χ1n) is 6.28. The molecule has 1 fully saturated rings. The zero-order valence-corrected chi connectivity index (χ0v) is 12.1. The summed E-state index contributed by atoms with van der Waals surface area (Å²) in [5.41, 5.74) is 7.81. The molecule has 0 unspecified atom stereocenters. The van der Waals surface area contributed by atoms with Crippen molar-refractivity contribution in [2.75, 3.05) is 4.90 Å². The van der Waals surface area contributed by atoms with Crippen molar-refractivity contribution in [2.45, 2.75) is 25.4 Å². The molecule has 0 aromatic carbocycles. The van der Waals surface area contributed by atoms with Gasteiger partial charge >= 0.3 is 0 Å². The summed E-state index contributed by atoms with van der Waals surface area (Å²) in [6.45, 7) is 0.906. The molecule has 1 aliphatic rings. The monoisotopic (exact) mass is 289 g/mol. The van der Waals surface area contributed by atoms with Crippen LogP contribution in [0.3, 0.4) is 0 Å². The molecule has 2 aromatic rings. The third-order valence-corrected chi connectivity index (χ3v) is 4.35. The normalized spacial score (nSPS) is 14.3. The Kier molecular flexibility index (Phi) is 3.48. The number of nitrogens with two attached hydrogens (primary N) is 1. The average molecular weight is 289 g/mol. The second kappa shape index (κ2) is 5.27. The molecule has 2 aromatic heterocycles. The molecule has 2 N–H and O–H groups in total. The predicted octanol–water partition coefficient (Wildman–Crippen LogP) is 2.95. The van der Waals surface area contributed by atoms with Gasteiger partial charge in [0.05, 0.1) is 18.4 Å². The van der Waals surface area contributed by atoms with Crippen LogP contribution >= 0.6 is 23.6 Å². The van der Waals surface area contributed by atoms with E-state index in [4.69, 9.17) is 18.0 Å². The molecule has 1 saturated carbocycles. The Balaban J connectivity index is 1.94. The van der Waals surface area contributed by atoms with E-state index >= 15 is 0 Å². The van der Waals surface area contributed by atoms with Gasteiger partial charge in [-0.15, -0.1) is 11.3 Å². The van der Waals surface area contributed by atoms with E-state index in [9.17, 15) is 0 Å². The van der Waals surface area contributed by atoms with Gasteiger partial charge in [0.1, 0.15) is 4.99 Å². The fraction of sp³-hybridized carbons (Fsp3) is 0.286. The molecule has 0 bridgehead atoms. The minimum absolute atomic E-state index is 0.439. The Morgan fingerprint density at radius 3 is 2.95 bits per heavy atom. The van der Waals surface area contributed by atoms with Crippen molar-refractivity contribution >= 4 is 34.2 Å². The molecule has 98 valence electrons. The summed E-state index contributed by atoms with van der Waals surface area (Å²) >= 11 is 6.93. The maximum Gasteiger partial charge on any atom is 0.106 e. The van der Waals surface area contributed by atoms with Crippen LogP contribution in [0.15, 0.2) is 36.0 Å². The van der Waals surface area contributed by atoms with Crippen LogP contribution in [0.2, 0.25) is 0 Å². The van der Waals surface area contributed by atoms with E-state index in [2.05, 4.69) is 27.4 Å². The summed E-state index contributed by atoms with van der Waals surface area (Å²) in [4.78, 5) is 8.41. The summed E-state index contributed by atoms with van der Waals surface area (Å²) in [7, 11) is 0. The highest BCUT2D eigenvalue weighted by Gasteiger charge is 2.31.